The summed E-state index contributed by atoms with van der Waals surface area (Å²) in [5.74, 6) is 0.769. The molecule has 3 heteroatoms. The molecular weight excluding hydrogens is 226 g/mol. The van der Waals surface area contributed by atoms with Gasteiger partial charge in [0.1, 0.15) is 12.4 Å². The van der Waals surface area contributed by atoms with Crippen molar-refractivity contribution in [2.24, 2.45) is 0 Å². The Labute approximate surface area is 106 Å². The lowest BCUT2D eigenvalue weighted by molar-refractivity contribution is 0.201. The first-order chi connectivity index (χ1) is 8.88. The van der Waals surface area contributed by atoms with Crippen molar-refractivity contribution in [1.29, 1.82) is 0 Å². The topological polar surface area (TPSA) is 42.4 Å². The number of aromatic nitrogens is 1. The maximum Gasteiger partial charge on any atom is 0.119 e. The summed E-state index contributed by atoms with van der Waals surface area (Å²) in [4.78, 5) is 3.97. The van der Waals surface area contributed by atoms with Gasteiger partial charge < -0.3 is 9.84 Å². The Morgan fingerprint density at radius 2 is 1.56 bits per heavy atom. The van der Waals surface area contributed by atoms with Gasteiger partial charge in [0, 0.05) is 12.4 Å². The van der Waals surface area contributed by atoms with Crippen LogP contribution in [0.4, 0.5) is 0 Å². The smallest absolute Gasteiger partial charge is 0.119 e. The van der Waals surface area contributed by atoms with Gasteiger partial charge in [-0.2, -0.15) is 0 Å². The summed E-state index contributed by atoms with van der Waals surface area (Å²) in [7, 11) is 0. The molecule has 1 aromatic heterocycles. The van der Waals surface area contributed by atoms with Crippen LogP contribution < -0.4 is 4.74 Å². The number of hydrogen-bond acceptors (Lipinski definition) is 3. The quantitative estimate of drug-likeness (QED) is 0.875. The van der Waals surface area contributed by atoms with E-state index >= 15 is 0 Å². The summed E-state index contributed by atoms with van der Waals surface area (Å²) in [6.07, 6.45) is 7.60. The molecule has 0 bridgehead atoms. The molecule has 1 heterocycles. The molecule has 0 radical (unpaired) electrons. The molecule has 0 aliphatic carbocycles. The van der Waals surface area contributed by atoms with Crippen LogP contribution in [0.2, 0.25) is 0 Å². The lowest BCUT2D eigenvalue weighted by atomic mass is 10.1. The van der Waals surface area contributed by atoms with Gasteiger partial charge in [-0.1, -0.05) is 24.3 Å². The minimum Gasteiger partial charge on any atom is -0.491 e. The Hall–Kier alpha value is -2.13. The summed E-state index contributed by atoms with van der Waals surface area (Å²) in [5.41, 5.74) is 2.22. The fourth-order valence-electron chi connectivity index (χ4n) is 1.51. The molecule has 0 aliphatic rings. The number of hydrogen-bond donors (Lipinski definition) is 1. The fraction of sp³-hybridized carbons (Fsp3) is 0.133. The van der Waals surface area contributed by atoms with Crippen molar-refractivity contribution in [3.05, 3.63) is 59.9 Å². The van der Waals surface area contributed by atoms with Gasteiger partial charge >= 0.3 is 0 Å². The van der Waals surface area contributed by atoms with E-state index in [1.807, 2.05) is 48.6 Å². The van der Waals surface area contributed by atoms with Crippen molar-refractivity contribution < 1.29 is 9.84 Å². The zero-order valence-electron chi connectivity index (χ0n) is 9.99. The Bertz CT molecular complexity index is 492. The number of aliphatic hydroxyl groups excluding tert-OH is 1. The van der Waals surface area contributed by atoms with Crippen LogP contribution >= 0.6 is 0 Å². The van der Waals surface area contributed by atoms with Crippen LogP contribution in [0.1, 0.15) is 11.1 Å². The summed E-state index contributed by atoms with van der Waals surface area (Å²) in [6, 6.07) is 11.6. The number of rotatable bonds is 5. The third-order valence-corrected chi connectivity index (χ3v) is 2.41. The zero-order chi connectivity index (χ0) is 12.6. The Morgan fingerprint density at radius 3 is 2.17 bits per heavy atom. The molecule has 0 saturated heterocycles. The first-order valence-corrected chi connectivity index (χ1v) is 5.80. The molecule has 2 rings (SSSR count). The van der Waals surface area contributed by atoms with Crippen molar-refractivity contribution in [2.45, 2.75) is 0 Å². The number of aliphatic hydroxyl groups is 1. The van der Waals surface area contributed by atoms with Gasteiger partial charge in [0.05, 0.1) is 6.61 Å². The maximum atomic E-state index is 8.65. The van der Waals surface area contributed by atoms with Crippen molar-refractivity contribution >= 4 is 12.2 Å². The molecule has 1 aromatic carbocycles. The Balaban J connectivity index is 2.00. The average Bonchev–Trinajstić information content (AvgIpc) is 2.45. The normalized spacial score (nSPS) is 10.7. The molecule has 0 fully saturated rings. The summed E-state index contributed by atoms with van der Waals surface area (Å²) in [6.45, 7) is 0.357. The predicted molar refractivity (Wildman–Crippen MR) is 72.2 cm³/mol. The third kappa shape index (κ3) is 3.71. The van der Waals surface area contributed by atoms with Crippen molar-refractivity contribution in [2.75, 3.05) is 13.2 Å². The molecule has 1 N–H and O–H groups in total. The molecule has 3 nitrogen and oxygen atoms in total. The fourth-order valence-corrected chi connectivity index (χ4v) is 1.51. The second-order valence-corrected chi connectivity index (χ2v) is 3.75. The number of benzene rings is 1. The van der Waals surface area contributed by atoms with E-state index in [1.54, 1.807) is 12.4 Å². The van der Waals surface area contributed by atoms with Crippen LogP contribution in [0.5, 0.6) is 5.75 Å². The number of ether oxygens (including phenoxy) is 1. The van der Waals surface area contributed by atoms with Gasteiger partial charge in [-0.3, -0.25) is 4.98 Å². The van der Waals surface area contributed by atoms with Gasteiger partial charge in [0.2, 0.25) is 0 Å². The van der Waals surface area contributed by atoms with Gasteiger partial charge in [-0.25, -0.2) is 0 Å². The first kappa shape index (κ1) is 12.3. The van der Waals surface area contributed by atoms with E-state index in [0.717, 1.165) is 16.9 Å². The zero-order valence-corrected chi connectivity index (χ0v) is 9.99. The number of pyridine rings is 1. The lowest BCUT2D eigenvalue weighted by Crippen LogP contribution is -2.01. The highest BCUT2D eigenvalue weighted by molar-refractivity contribution is 5.69. The van der Waals surface area contributed by atoms with Crippen LogP contribution in [0, 0.1) is 0 Å². The van der Waals surface area contributed by atoms with E-state index in [9.17, 15) is 0 Å². The highest BCUT2D eigenvalue weighted by Crippen LogP contribution is 2.14. The SMILES string of the molecule is OCCOc1ccc(/C=C/c2ccncc2)cc1. The summed E-state index contributed by atoms with van der Waals surface area (Å²) < 4.78 is 5.29. The highest BCUT2D eigenvalue weighted by Gasteiger charge is 1.92. The number of nitrogens with zero attached hydrogens (tertiary/aromatic N) is 1. The minimum absolute atomic E-state index is 0.0314. The molecule has 18 heavy (non-hydrogen) atoms. The Kier molecular flexibility index (Phi) is 4.50. The van der Waals surface area contributed by atoms with E-state index in [2.05, 4.69) is 4.98 Å². The van der Waals surface area contributed by atoms with E-state index in [0.29, 0.717) is 6.61 Å². The molecule has 0 atom stereocenters. The van der Waals surface area contributed by atoms with Crippen molar-refractivity contribution in [3.8, 4) is 5.75 Å². The van der Waals surface area contributed by atoms with Crippen LogP contribution in [0.3, 0.4) is 0 Å². The molecular formula is C15H15NO2. The summed E-state index contributed by atoms with van der Waals surface area (Å²) >= 11 is 0. The van der Waals surface area contributed by atoms with Crippen LogP contribution in [0.25, 0.3) is 12.2 Å². The second-order valence-electron chi connectivity index (χ2n) is 3.75. The first-order valence-electron chi connectivity index (χ1n) is 5.80. The van der Waals surface area contributed by atoms with E-state index in [-0.39, 0.29) is 6.61 Å². The van der Waals surface area contributed by atoms with Crippen molar-refractivity contribution in [3.63, 3.8) is 0 Å². The molecule has 0 unspecified atom stereocenters. The van der Waals surface area contributed by atoms with Gasteiger partial charge in [0.25, 0.3) is 0 Å². The van der Waals surface area contributed by atoms with E-state index in [1.165, 1.54) is 0 Å². The molecule has 0 amide bonds. The molecule has 0 aliphatic heterocycles. The van der Waals surface area contributed by atoms with Crippen molar-refractivity contribution in [1.82, 2.24) is 4.98 Å². The van der Waals surface area contributed by atoms with E-state index in [4.69, 9.17) is 9.84 Å². The minimum atomic E-state index is 0.0314. The van der Waals surface area contributed by atoms with E-state index < -0.39 is 0 Å². The summed E-state index contributed by atoms with van der Waals surface area (Å²) in [5, 5.41) is 8.65. The molecule has 92 valence electrons. The standard InChI is InChI=1S/C15H15NO2/c17-11-12-18-15-5-3-13(4-6-15)1-2-14-7-9-16-10-8-14/h1-10,17H,11-12H2/b2-1+. The van der Waals surface area contributed by atoms with Gasteiger partial charge in [0.15, 0.2) is 0 Å². The Morgan fingerprint density at radius 1 is 0.944 bits per heavy atom. The third-order valence-electron chi connectivity index (χ3n) is 2.41. The largest absolute Gasteiger partial charge is 0.491 e. The maximum absolute atomic E-state index is 8.65. The van der Waals surface area contributed by atoms with Gasteiger partial charge in [-0.15, -0.1) is 0 Å². The van der Waals surface area contributed by atoms with Crippen LogP contribution in [0.15, 0.2) is 48.8 Å². The molecule has 0 saturated carbocycles. The predicted octanol–water partition coefficient (Wildman–Crippen LogP) is 2.62. The molecule has 0 spiro atoms. The van der Waals surface area contributed by atoms with Crippen LogP contribution in [-0.2, 0) is 0 Å². The average molecular weight is 241 g/mol. The lowest BCUT2D eigenvalue weighted by Gasteiger charge is -2.03. The van der Waals surface area contributed by atoms with Gasteiger partial charge in [-0.05, 0) is 35.4 Å². The van der Waals surface area contributed by atoms with Crippen LogP contribution in [-0.4, -0.2) is 23.3 Å². The highest BCUT2D eigenvalue weighted by atomic mass is 16.5. The molecule has 2 aromatic rings. The second kappa shape index (κ2) is 6.57. The monoisotopic (exact) mass is 241 g/mol.